The van der Waals surface area contributed by atoms with Gasteiger partial charge in [-0.2, -0.15) is 0 Å². The fourth-order valence-corrected chi connectivity index (χ4v) is 1.15. The van der Waals surface area contributed by atoms with Gasteiger partial charge in [0.15, 0.2) is 0 Å². The highest BCUT2D eigenvalue weighted by Crippen LogP contribution is 2.19. The maximum Gasteiger partial charge on any atom is 0.0880 e. The molecular formula is C7H5ClN2. The zero-order valence-corrected chi connectivity index (χ0v) is 5.92. The normalized spacial score (nSPS) is 10.5. The Morgan fingerprint density at radius 2 is 2.30 bits per heavy atom. The van der Waals surface area contributed by atoms with Crippen molar-refractivity contribution < 1.29 is 0 Å². The van der Waals surface area contributed by atoms with Crippen molar-refractivity contribution in [2.75, 3.05) is 0 Å². The first-order valence-corrected chi connectivity index (χ1v) is 3.30. The van der Waals surface area contributed by atoms with Gasteiger partial charge >= 0.3 is 0 Å². The predicted molar refractivity (Wildman–Crippen MR) is 40.1 cm³/mol. The number of hydrogen-bond donors (Lipinski definition) is 0. The fourth-order valence-electron chi connectivity index (χ4n) is 0.939. The number of nitrogens with zero attached hydrogens (tertiary/aromatic N) is 2. The van der Waals surface area contributed by atoms with E-state index in [9.17, 15) is 0 Å². The van der Waals surface area contributed by atoms with Crippen molar-refractivity contribution in [2.24, 2.45) is 0 Å². The van der Waals surface area contributed by atoms with Crippen molar-refractivity contribution in [1.29, 1.82) is 0 Å². The standard InChI is InChI=1S/C7H5ClN2/c8-10-5-1-2-6-7(10)3-4-9-6/h1-5H. The van der Waals surface area contributed by atoms with Crippen molar-refractivity contribution >= 4 is 11.8 Å². The van der Waals surface area contributed by atoms with Gasteiger partial charge in [-0.15, -0.1) is 0 Å². The van der Waals surface area contributed by atoms with Gasteiger partial charge in [0.05, 0.1) is 11.4 Å². The van der Waals surface area contributed by atoms with E-state index in [1.807, 2.05) is 18.2 Å². The smallest absolute Gasteiger partial charge is 0.0880 e. The van der Waals surface area contributed by atoms with Crippen LogP contribution >= 0.6 is 11.8 Å². The van der Waals surface area contributed by atoms with Gasteiger partial charge in [-0.05, 0) is 18.2 Å². The highest BCUT2D eigenvalue weighted by Gasteiger charge is 2.03. The Labute approximate surface area is 63.5 Å². The van der Waals surface area contributed by atoms with Crippen molar-refractivity contribution in [3.05, 3.63) is 30.6 Å². The third-order valence-corrected chi connectivity index (χ3v) is 1.70. The largest absolute Gasteiger partial charge is 0.259 e. The molecular weight excluding hydrogens is 148 g/mol. The first-order chi connectivity index (χ1) is 4.88. The van der Waals surface area contributed by atoms with Gasteiger partial charge in [-0.1, -0.05) is 0 Å². The van der Waals surface area contributed by atoms with Gasteiger partial charge < -0.3 is 0 Å². The number of rotatable bonds is 0. The van der Waals surface area contributed by atoms with Gasteiger partial charge in [0.25, 0.3) is 0 Å². The SMILES string of the molecule is Cln1cccc2nccc1-2. The van der Waals surface area contributed by atoms with Crippen LogP contribution in [-0.2, 0) is 0 Å². The van der Waals surface area contributed by atoms with Gasteiger partial charge in [-0.3, -0.25) is 9.07 Å². The highest BCUT2D eigenvalue weighted by molar-refractivity contribution is 6.16. The molecule has 0 bridgehead atoms. The molecule has 0 saturated heterocycles. The molecule has 0 atom stereocenters. The quantitative estimate of drug-likeness (QED) is 0.565. The predicted octanol–water partition coefficient (Wildman–Crippen LogP) is 1.99. The summed E-state index contributed by atoms with van der Waals surface area (Å²) >= 11 is 5.78. The number of fused-ring (bicyclic) bond motifs is 1. The van der Waals surface area contributed by atoms with Gasteiger partial charge in [0.1, 0.15) is 0 Å². The summed E-state index contributed by atoms with van der Waals surface area (Å²) < 4.78 is 1.53. The lowest BCUT2D eigenvalue weighted by molar-refractivity contribution is 1.20. The van der Waals surface area contributed by atoms with E-state index >= 15 is 0 Å². The molecule has 0 aliphatic carbocycles. The van der Waals surface area contributed by atoms with Crippen molar-refractivity contribution in [2.45, 2.75) is 0 Å². The van der Waals surface area contributed by atoms with E-state index in [1.54, 1.807) is 12.4 Å². The van der Waals surface area contributed by atoms with Gasteiger partial charge in [0.2, 0.25) is 0 Å². The molecule has 2 nitrogen and oxygen atoms in total. The van der Waals surface area contributed by atoms with Crippen LogP contribution in [0.15, 0.2) is 30.6 Å². The lowest BCUT2D eigenvalue weighted by Crippen LogP contribution is -1.87. The molecule has 50 valence electrons. The second-order valence-electron chi connectivity index (χ2n) is 2.03. The monoisotopic (exact) mass is 152 g/mol. The van der Waals surface area contributed by atoms with Crippen LogP contribution in [0.3, 0.4) is 0 Å². The first kappa shape index (κ1) is 5.74. The van der Waals surface area contributed by atoms with E-state index in [2.05, 4.69) is 4.98 Å². The lowest BCUT2D eigenvalue weighted by Gasteiger charge is -1.99. The molecule has 0 aromatic carbocycles. The Hall–Kier alpha value is -1.02. The second kappa shape index (κ2) is 1.99. The molecule has 0 radical (unpaired) electrons. The van der Waals surface area contributed by atoms with E-state index in [4.69, 9.17) is 11.8 Å². The average Bonchev–Trinajstić information content (AvgIpc) is 2.36. The second-order valence-corrected chi connectivity index (χ2v) is 2.40. The summed E-state index contributed by atoms with van der Waals surface area (Å²) in [5, 5.41) is 0. The fraction of sp³-hybridized carbons (Fsp3) is 0. The Kier molecular flexibility index (Phi) is 1.14. The Morgan fingerprint density at radius 3 is 3.10 bits per heavy atom. The van der Waals surface area contributed by atoms with Crippen LogP contribution in [0.1, 0.15) is 0 Å². The molecule has 0 amide bonds. The molecule has 0 saturated carbocycles. The minimum absolute atomic E-state index is 0.928. The maximum atomic E-state index is 5.78. The molecule has 0 aromatic heterocycles. The van der Waals surface area contributed by atoms with Crippen LogP contribution in [0, 0.1) is 0 Å². The van der Waals surface area contributed by atoms with E-state index in [0.29, 0.717) is 0 Å². The van der Waals surface area contributed by atoms with E-state index in [0.717, 1.165) is 11.4 Å². The minimum atomic E-state index is 0.928. The molecule has 2 rings (SSSR count). The molecule has 2 aliphatic heterocycles. The maximum absolute atomic E-state index is 5.78. The molecule has 0 aromatic rings. The van der Waals surface area contributed by atoms with Crippen LogP contribution in [0.25, 0.3) is 11.4 Å². The third kappa shape index (κ3) is 0.693. The van der Waals surface area contributed by atoms with Gasteiger partial charge in [0, 0.05) is 24.2 Å². The average molecular weight is 153 g/mol. The van der Waals surface area contributed by atoms with E-state index < -0.39 is 0 Å². The molecule has 0 unspecified atom stereocenters. The molecule has 0 fully saturated rings. The topological polar surface area (TPSA) is 17.8 Å². The first-order valence-electron chi connectivity index (χ1n) is 2.96. The molecule has 2 heterocycles. The highest BCUT2D eigenvalue weighted by atomic mass is 35.5. The molecule has 3 heteroatoms. The van der Waals surface area contributed by atoms with Gasteiger partial charge in [-0.25, -0.2) is 0 Å². The van der Waals surface area contributed by atoms with Crippen LogP contribution in [0.2, 0.25) is 0 Å². The summed E-state index contributed by atoms with van der Waals surface area (Å²) in [6.45, 7) is 0. The summed E-state index contributed by atoms with van der Waals surface area (Å²) in [7, 11) is 0. The zero-order valence-electron chi connectivity index (χ0n) is 5.16. The molecule has 0 N–H and O–H groups in total. The van der Waals surface area contributed by atoms with Crippen molar-refractivity contribution in [3.63, 3.8) is 0 Å². The summed E-state index contributed by atoms with van der Waals surface area (Å²) in [4.78, 5) is 4.07. The lowest BCUT2D eigenvalue weighted by atomic mass is 10.3. The van der Waals surface area contributed by atoms with E-state index in [-0.39, 0.29) is 0 Å². The van der Waals surface area contributed by atoms with Crippen molar-refractivity contribution in [3.8, 4) is 11.4 Å². The number of aromatic nitrogens is 2. The summed E-state index contributed by atoms with van der Waals surface area (Å²) in [5.74, 6) is 0. The minimum Gasteiger partial charge on any atom is -0.259 e. The Morgan fingerprint density at radius 1 is 1.40 bits per heavy atom. The Balaban J connectivity index is 2.80. The Bertz CT molecular complexity index is 315. The van der Waals surface area contributed by atoms with Crippen LogP contribution < -0.4 is 0 Å². The third-order valence-electron chi connectivity index (χ3n) is 1.41. The van der Waals surface area contributed by atoms with E-state index in [1.165, 1.54) is 4.09 Å². The summed E-state index contributed by atoms with van der Waals surface area (Å²) in [5.41, 5.74) is 1.88. The van der Waals surface area contributed by atoms with Crippen LogP contribution in [0.5, 0.6) is 0 Å². The summed E-state index contributed by atoms with van der Waals surface area (Å²) in [6, 6.07) is 5.67. The molecule has 0 spiro atoms. The number of pyridine rings is 1. The number of halogens is 1. The molecule has 2 aliphatic rings. The van der Waals surface area contributed by atoms with Crippen molar-refractivity contribution in [1.82, 2.24) is 9.07 Å². The molecule has 10 heavy (non-hydrogen) atoms. The zero-order chi connectivity index (χ0) is 6.97. The number of hydrogen-bond acceptors (Lipinski definition) is 1. The summed E-state index contributed by atoms with van der Waals surface area (Å²) in [6.07, 6.45) is 3.52. The van der Waals surface area contributed by atoms with Crippen LogP contribution in [-0.4, -0.2) is 9.07 Å². The van der Waals surface area contributed by atoms with Crippen LogP contribution in [0.4, 0.5) is 0 Å².